The monoisotopic (exact) mass is 448 g/mol. The molecule has 0 aliphatic heterocycles. The molecule has 2 aromatic heterocycles. The summed E-state index contributed by atoms with van der Waals surface area (Å²) >= 11 is 0. The minimum absolute atomic E-state index is 0.203. The Labute approximate surface area is 193 Å². The molecule has 0 unspecified atom stereocenters. The number of carbonyl (C=O) groups is 1. The third-order valence-electron chi connectivity index (χ3n) is 6.83. The number of carboxylic acid groups (broad SMARTS) is 1. The summed E-state index contributed by atoms with van der Waals surface area (Å²) in [5.41, 5.74) is 2.84. The zero-order valence-corrected chi connectivity index (χ0v) is 19.8. The molecule has 33 heavy (non-hydrogen) atoms. The lowest BCUT2D eigenvalue weighted by Crippen LogP contribution is -2.26. The fourth-order valence-corrected chi connectivity index (χ4v) is 4.91. The molecule has 1 aliphatic rings. The first-order valence-corrected chi connectivity index (χ1v) is 11.7. The quantitative estimate of drug-likeness (QED) is 0.531. The number of imidazole rings is 1. The van der Waals surface area contributed by atoms with Crippen LogP contribution in [0.1, 0.15) is 76.4 Å². The summed E-state index contributed by atoms with van der Waals surface area (Å²) < 4.78 is 1.76. The van der Waals surface area contributed by atoms with E-state index in [1.54, 1.807) is 4.52 Å². The molecule has 0 atom stereocenters. The summed E-state index contributed by atoms with van der Waals surface area (Å²) in [6, 6.07) is 7.30. The topological polar surface area (TPSA) is 100 Å². The highest BCUT2D eigenvalue weighted by Crippen LogP contribution is 2.43. The second-order valence-corrected chi connectivity index (χ2v) is 10.0. The van der Waals surface area contributed by atoms with Crippen molar-refractivity contribution in [2.75, 3.05) is 0 Å². The van der Waals surface area contributed by atoms with Gasteiger partial charge in [0.15, 0.2) is 11.3 Å². The van der Waals surface area contributed by atoms with E-state index in [4.69, 9.17) is 15.2 Å². The van der Waals surface area contributed by atoms with Crippen LogP contribution in [0.3, 0.4) is 0 Å². The van der Waals surface area contributed by atoms with E-state index in [1.165, 1.54) is 6.08 Å². The van der Waals surface area contributed by atoms with Crippen LogP contribution in [0.5, 0.6) is 0 Å². The van der Waals surface area contributed by atoms with Gasteiger partial charge in [0.05, 0.1) is 5.69 Å². The first kappa shape index (κ1) is 23.0. The SMILES string of the molecule is CCc1nc([C@H]2CC[C@@H](C(C)(C)C)CC2)n2nc(-c3cccc(/C=C/C(=O)O)c3)[nH]c(=O)c12. The summed E-state index contributed by atoms with van der Waals surface area (Å²) in [5, 5.41) is 13.7. The molecular weight excluding hydrogens is 416 g/mol. The van der Waals surface area contributed by atoms with Gasteiger partial charge in [-0.15, -0.1) is 5.10 Å². The van der Waals surface area contributed by atoms with Crippen LogP contribution >= 0.6 is 0 Å². The molecule has 7 nitrogen and oxygen atoms in total. The second kappa shape index (κ2) is 8.96. The Bertz CT molecular complexity index is 1250. The molecule has 0 amide bonds. The highest BCUT2D eigenvalue weighted by Gasteiger charge is 2.32. The van der Waals surface area contributed by atoms with E-state index in [-0.39, 0.29) is 11.5 Å². The van der Waals surface area contributed by atoms with Gasteiger partial charge in [-0.3, -0.25) is 4.79 Å². The summed E-state index contributed by atoms with van der Waals surface area (Å²) in [6.45, 7) is 8.94. The molecule has 2 N–H and O–H groups in total. The van der Waals surface area contributed by atoms with Gasteiger partial charge < -0.3 is 10.1 Å². The van der Waals surface area contributed by atoms with Crippen LogP contribution in [0.4, 0.5) is 0 Å². The fourth-order valence-electron chi connectivity index (χ4n) is 4.91. The van der Waals surface area contributed by atoms with E-state index in [9.17, 15) is 9.59 Å². The van der Waals surface area contributed by atoms with Crippen LogP contribution in [-0.4, -0.2) is 30.7 Å². The number of hydrogen-bond donors (Lipinski definition) is 2. The summed E-state index contributed by atoms with van der Waals surface area (Å²) in [7, 11) is 0. The molecular formula is C26H32N4O3. The van der Waals surface area contributed by atoms with E-state index in [1.807, 2.05) is 31.2 Å². The molecule has 1 aromatic carbocycles. The number of benzene rings is 1. The van der Waals surface area contributed by atoms with Crippen LogP contribution in [0.2, 0.25) is 0 Å². The highest BCUT2D eigenvalue weighted by molar-refractivity contribution is 5.85. The van der Waals surface area contributed by atoms with E-state index < -0.39 is 5.97 Å². The van der Waals surface area contributed by atoms with Crippen molar-refractivity contribution in [2.45, 2.75) is 65.7 Å². The Morgan fingerprint density at radius 3 is 2.61 bits per heavy atom. The van der Waals surface area contributed by atoms with Crippen molar-refractivity contribution in [2.24, 2.45) is 11.3 Å². The lowest BCUT2D eigenvalue weighted by Gasteiger charge is -2.36. The van der Waals surface area contributed by atoms with Crippen molar-refractivity contribution >= 4 is 17.6 Å². The molecule has 0 spiro atoms. The predicted molar refractivity (Wildman–Crippen MR) is 129 cm³/mol. The van der Waals surface area contributed by atoms with Crippen LogP contribution in [-0.2, 0) is 11.2 Å². The van der Waals surface area contributed by atoms with E-state index >= 15 is 0 Å². The Hall–Kier alpha value is -3.22. The maximum absolute atomic E-state index is 13.1. The average Bonchev–Trinajstić information content (AvgIpc) is 3.17. The molecule has 1 saturated carbocycles. The lowest BCUT2D eigenvalue weighted by molar-refractivity contribution is -0.131. The van der Waals surface area contributed by atoms with Gasteiger partial charge in [0.2, 0.25) is 0 Å². The Morgan fingerprint density at radius 2 is 1.97 bits per heavy atom. The van der Waals surface area contributed by atoms with Crippen molar-refractivity contribution in [1.82, 2.24) is 19.6 Å². The number of nitrogens with zero attached hydrogens (tertiary/aromatic N) is 3. The Morgan fingerprint density at radius 1 is 1.24 bits per heavy atom. The number of fused-ring (bicyclic) bond motifs is 1. The first-order chi connectivity index (χ1) is 15.7. The standard InChI is InChI=1S/C26H32N4O3/c1-5-20-22-25(33)28-23(18-8-6-7-16(15-18)9-14-21(31)32)29-30(22)24(27-20)17-10-12-19(13-11-17)26(2,3)4/h6-9,14-15,17,19H,5,10-13H2,1-4H3,(H,31,32)(H,28,29,33)/b14-9+/t17-,19+. The Balaban J connectivity index is 1.75. The molecule has 3 aromatic rings. The molecule has 174 valence electrons. The molecule has 2 heterocycles. The number of carboxylic acids is 1. The molecule has 7 heteroatoms. The number of aromatic nitrogens is 4. The number of rotatable bonds is 5. The number of H-pyrrole nitrogens is 1. The van der Waals surface area contributed by atoms with Crippen molar-refractivity contribution in [3.05, 3.63) is 57.8 Å². The molecule has 0 bridgehead atoms. The van der Waals surface area contributed by atoms with Crippen LogP contribution in [0.25, 0.3) is 23.0 Å². The van der Waals surface area contributed by atoms with Crippen molar-refractivity contribution in [3.8, 4) is 11.4 Å². The zero-order valence-electron chi connectivity index (χ0n) is 19.8. The van der Waals surface area contributed by atoms with Gasteiger partial charge in [0, 0.05) is 17.6 Å². The maximum atomic E-state index is 13.1. The minimum Gasteiger partial charge on any atom is -0.478 e. The smallest absolute Gasteiger partial charge is 0.328 e. The Kier molecular flexibility index (Phi) is 6.23. The van der Waals surface area contributed by atoms with Gasteiger partial charge in [-0.25, -0.2) is 14.3 Å². The molecule has 0 radical (unpaired) electrons. The number of aliphatic carboxylic acids is 1. The van der Waals surface area contributed by atoms with E-state index in [0.717, 1.165) is 54.4 Å². The second-order valence-electron chi connectivity index (χ2n) is 10.0. The van der Waals surface area contributed by atoms with Gasteiger partial charge in [0.1, 0.15) is 5.82 Å². The summed E-state index contributed by atoms with van der Waals surface area (Å²) in [4.78, 5) is 31.7. The van der Waals surface area contributed by atoms with E-state index in [0.29, 0.717) is 29.1 Å². The third-order valence-corrected chi connectivity index (χ3v) is 6.83. The largest absolute Gasteiger partial charge is 0.478 e. The first-order valence-electron chi connectivity index (χ1n) is 11.7. The average molecular weight is 449 g/mol. The summed E-state index contributed by atoms with van der Waals surface area (Å²) in [5.74, 6) is 1.29. The third kappa shape index (κ3) is 4.77. The van der Waals surface area contributed by atoms with Crippen molar-refractivity contribution in [1.29, 1.82) is 0 Å². The summed E-state index contributed by atoms with van der Waals surface area (Å²) in [6.07, 6.45) is 7.67. The lowest BCUT2D eigenvalue weighted by atomic mass is 9.70. The maximum Gasteiger partial charge on any atom is 0.328 e. The molecule has 4 rings (SSSR count). The fraction of sp³-hybridized carbons (Fsp3) is 0.462. The number of aromatic amines is 1. The minimum atomic E-state index is -1.01. The normalized spacial score (nSPS) is 19.4. The molecule has 0 saturated heterocycles. The van der Waals surface area contributed by atoms with Gasteiger partial charge >= 0.3 is 5.97 Å². The highest BCUT2D eigenvalue weighted by atomic mass is 16.4. The van der Waals surface area contributed by atoms with Crippen molar-refractivity contribution < 1.29 is 9.90 Å². The van der Waals surface area contributed by atoms with Crippen LogP contribution in [0, 0.1) is 11.3 Å². The number of aryl methyl sites for hydroxylation is 1. The van der Waals surface area contributed by atoms with Gasteiger partial charge in [-0.1, -0.05) is 45.9 Å². The van der Waals surface area contributed by atoms with Crippen molar-refractivity contribution in [3.63, 3.8) is 0 Å². The zero-order chi connectivity index (χ0) is 23.8. The predicted octanol–water partition coefficient (Wildman–Crippen LogP) is 5.06. The molecule has 1 aliphatic carbocycles. The van der Waals surface area contributed by atoms with E-state index in [2.05, 4.69) is 25.8 Å². The van der Waals surface area contributed by atoms with Gasteiger partial charge in [-0.2, -0.15) is 0 Å². The number of hydrogen-bond acceptors (Lipinski definition) is 4. The number of nitrogens with one attached hydrogen (secondary N) is 1. The molecule has 1 fully saturated rings. The van der Waals surface area contributed by atoms with Gasteiger partial charge in [0.25, 0.3) is 5.56 Å². The van der Waals surface area contributed by atoms with Gasteiger partial charge in [-0.05, 0) is 61.1 Å². The van der Waals surface area contributed by atoms with Crippen LogP contribution in [0.15, 0.2) is 35.1 Å². The van der Waals surface area contributed by atoms with Crippen LogP contribution < -0.4 is 5.56 Å².